The Kier molecular flexibility index (Phi) is 4.11. The summed E-state index contributed by atoms with van der Waals surface area (Å²) in [6.45, 7) is 0. The van der Waals surface area contributed by atoms with E-state index in [1.807, 2.05) is 36.4 Å². The fourth-order valence-electron chi connectivity index (χ4n) is 2.38. The highest BCUT2D eigenvalue weighted by molar-refractivity contribution is 6.30. The zero-order valence-electron chi connectivity index (χ0n) is 11.8. The highest BCUT2D eigenvalue weighted by Crippen LogP contribution is 2.22. The third-order valence-corrected chi connectivity index (χ3v) is 3.78. The molecule has 0 fully saturated rings. The van der Waals surface area contributed by atoms with Crippen molar-refractivity contribution in [3.8, 4) is 5.75 Å². The molecular formula is C17H16ClNO2. The van der Waals surface area contributed by atoms with Gasteiger partial charge < -0.3 is 9.57 Å². The van der Waals surface area contributed by atoms with Crippen LogP contribution in [0.4, 0.5) is 0 Å². The van der Waals surface area contributed by atoms with Gasteiger partial charge in [0, 0.05) is 17.9 Å². The molecule has 0 aliphatic carbocycles. The first kappa shape index (κ1) is 14.0. The fourth-order valence-corrected chi connectivity index (χ4v) is 2.50. The SMILES string of the molecule is COc1ccc(C[C@@H]2CC(c3ccc(Cl)cc3)=NO2)cc1. The molecule has 0 spiro atoms. The zero-order chi connectivity index (χ0) is 14.7. The summed E-state index contributed by atoms with van der Waals surface area (Å²) in [7, 11) is 1.67. The molecular weight excluding hydrogens is 286 g/mol. The number of ether oxygens (including phenoxy) is 1. The molecule has 0 radical (unpaired) electrons. The van der Waals surface area contributed by atoms with Crippen LogP contribution in [0.25, 0.3) is 0 Å². The topological polar surface area (TPSA) is 30.8 Å². The summed E-state index contributed by atoms with van der Waals surface area (Å²) in [5, 5.41) is 4.93. The van der Waals surface area contributed by atoms with E-state index in [2.05, 4.69) is 17.3 Å². The lowest BCUT2D eigenvalue weighted by molar-refractivity contribution is 0.0859. The van der Waals surface area contributed by atoms with Gasteiger partial charge in [0.1, 0.15) is 11.9 Å². The van der Waals surface area contributed by atoms with E-state index in [1.165, 1.54) is 5.56 Å². The van der Waals surface area contributed by atoms with E-state index in [-0.39, 0.29) is 6.10 Å². The van der Waals surface area contributed by atoms with Crippen molar-refractivity contribution in [2.45, 2.75) is 18.9 Å². The summed E-state index contributed by atoms with van der Waals surface area (Å²) in [4.78, 5) is 5.53. The largest absolute Gasteiger partial charge is 0.497 e. The van der Waals surface area contributed by atoms with Crippen LogP contribution in [0, 0.1) is 0 Å². The second kappa shape index (κ2) is 6.19. The third-order valence-electron chi connectivity index (χ3n) is 3.53. The minimum atomic E-state index is 0.0871. The standard InChI is InChI=1S/C17H16ClNO2/c1-20-15-8-2-12(3-9-15)10-16-11-17(19-21-16)13-4-6-14(18)7-5-13/h2-9,16H,10-11H2,1H3/t16-/m1/s1. The third kappa shape index (κ3) is 3.37. The smallest absolute Gasteiger partial charge is 0.137 e. The second-order valence-electron chi connectivity index (χ2n) is 5.03. The normalized spacial score (nSPS) is 17.2. The van der Waals surface area contributed by atoms with Crippen LogP contribution in [0.3, 0.4) is 0 Å². The lowest BCUT2D eigenvalue weighted by atomic mass is 10.0. The molecule has 0 amide bonds. The summed E-state index contributed by atoms with van der Waals surface area (Å²) < 4.78 is 5.16. The summed E-state index contributed by atoms with van der Waals surface area (Å²) >= 11 is 5.90. The van der Waals surface area contributed by atoms with Gasteiger partial charge in [-0.15, -0.1) is 0 Å². The number of benzene rings is 2. The molecule has 0 bridgehead atoms. The number of nitrogens with zero attached hydrogens (tertiary/aromatic N) is 1. The van der Waals surface area contributed by atoms with E-state index in [0.717, 1.165) is 34.9 Å². The Balaban J connectivity index is 1.61. The number of methoxy groups -OCH3 is 1. The number of hydrogen-bond donors (Lipinski definition) is 0. The molecule has 2 aromatic rings. The quantitative estimate of drug-likeness (QED) is 0.852. The second-order valence-corrected chi connectivity index (χ2v) is 5.47. The molecule has 0 saturated carbocycles. The molecule has 2 aromatic carbocycles. The molecule has 1 aliphatic heterocycles. The predicted molar refractivity (Wildman–Crippen MR) is 84.2 cm³/mol. The molecule has 0 saturated heterocycles. The van der Waals surface area contributed by atoms with Crippen molar-refractivity contribution in [2.75, 3.05) is 7.11 Å². The lowest BCUT2D eigenvalue weighted by Gasteiger charge is -2.08. The molecule has 21 heavy (non-hydrogen) atoms. The molecule has 0 N–H and O–H groups in total. The maximum Gasteiger partial charge on any atom is 0.137 e. The highest BCUT2D eigenvalue weighted by atomic mass is 35.5. The van der Waals surface area contributed by atoms with Crippen LogP contribution in [0.15, 0.2) is 53.7 Å². The highest BCUT2D eigenvalue weighted by Gasteiger charge is 2.22. The van der Waals surface area contributed by atoms with Crippen molar-refractivity contribution in [1.29, 1.82) is 0 Å². The number of oxime groups is 1. The van der Waals surface area contributed by atoms with Gasteiger partial charge in [0.05, 0.1) is 12.8 Å². The van der Waals surface area contributed by atoms with Crippen LogP contribution in [0.1, 0.15) is 17.5 Å². The van der Waals surface area contributed by atoms with E-state index >= 15 is 0 Å². The summed E-state index contributed by atoms with van der Waals surface area (Å²) in [6, 6.07) is 15.7. The van der Waals surface area contributed by atoms with Crippen molar-refractivity contribution in [1.82, 2.24) is 0 Å². The van der Waals surface area contributed by atoms with Crippen LogP contribution in [-0.4, -0.2) is 18.9 Å². The Labute approximate surface area is 129 Å². The van der Waals surface area contributed by atoms with Gasteiger partial charge in [-0.05, 0) is 35.4 Å². The van der Waals surface area contributed by atoms with Gasteiger partial charge in [-0.2, -0.15) is 0 Å². The van der Waals surface area contributed by atoms with E-state index < -0.39 is 0 Å². The van der Waals surface area contributed by atoms with Crippen LogP contribution in [0.5, 0.6) is 5.75 Å². The minimum Gasteiger partial charge on any atom is -0.497 e. The van der Waals surface area contributed by atoms with E-state index in [0.29, 0.717) is 0 Å². The molecule has 0 aromatic heterocycles. The number of hydrogen-bond acceptors (Lipinski definition) is 3. The average molecular weight is 302 g/mol. The molecule has 1 aliphatic rings. The predicted octanol–water partition coefficient (Wildman–Crippen LogP) is 4.08. The monoisotopic (exact) mass is 301 g/mol. The van der Waals surface area contributed by atoms with Gasteiger partial charge in [0.15, 0.2) is 0 Å². The Morgan fingerprint density at radius 1 is 1.14 bits per heavy atom. The van der Waals surface area contributed by atoms with E-state index in [1.54, 1.807) is 7.11 Å². The summed E-state index contributed by atoms with van der Waals surface area (Å²) in [5.74, 6) is 0.865. The molecule has 0 unspecified atom stereocenters. The average Bonchev–Trinajstić information content (AvgIpc) is 2.97. The first-order chi connectivity index (χ1) is 10.2. The summed E-state index contributed by atoms with van der Waals surface area (Å²) in [5.41, 5.74) is 3.26. The van der Waals surface area contributed by atoms with E-state index in [9.17, 15) is 0 Å². The van der Waals surface area contributed by atoms with Gasteiger partial charge >= 0.3 is 0 Å². The van der Waals surface area contributed by atoms with Crippen LogP contribution < -0.4 is 4.74 Å². The van der Waals surface area contributed by atoms with Crippen molar-refractivity contribution in [2.24, 2.45) is 5.16 Å². The van der Waals surface area contributed by atoms with Gasteiger partial charge in [0.2, 0.25) is 0 Å². The molecule has 1 heterocycles. The Hall–Kier alpha value is -2.00. The molecule has 4 heteroatoms. The molecule has 3 rings (SSSR count). The van der Waals surface area contributed by atoms with Crippen molar-refractivity contribution >= 4 is 17.3 Å². The molecule has 108 valence electrons. The van der Waals surface area contributed by atoms with Crippen LogP contribution in [0.2, 0.25) is 5.02 Å². The fraction of sp³-hybridized carbons (Fsp3) is 0.235. The van der Waals surface area contributed by atoms with Gasteiger partial charge in [-0.1, -0.05) is 41.0 Å². The van der Waals surface area contributed by atoms with Gasteiger partial charge in [-0.3, -0.25) is 0 Å². The van der Waals surface area contributed by atoms with Crippen molar-refractivity contribution in [3.63, 3.8) is 0 Å². The maximum atomic E-state index is 5.90. The molecule has 3 nitrogen and oxygen atoms in total. The number of rotatable bonds is 4. The maximum absolute atomic E-state index is 5.90. The van der Waals surface area contributed by atoms with Crippen LogP contribution in [-0.2, 0) is 11.3 Å². The number of halogens is 1. The van der Waals surface area contributed by atoms with Crippen molar-refractivity contribution < 1.29 is 9.57 Å². The Morgan fingerprint density at radius 3 is 2.52 bits per heavy atom. The first-order valence-corrected chi connectivity index (χ1v) is 7.24. The lowest BCUT2D eigenvalue weighted by Crippen LogP contribution is -2.11. The Morgan fingerprint density at radius 2 is 1.86 bits per heavy atom. The van der Waals surface area contributed by atoms with Crippen LogP contribution >= 0.6 is 11.6 Å². The first-order valence-electron chi connectivity index (χ1n) is 6.86. The summed E-state index contributed by atoms with van der Waals surface area (Å²) in [6.07, 6.45) is 1.74. The zero-order valence-corrected chi connectivity index (χ0v) is 12.5. The Bertz CT molecular complexity index is 635. The molecule has 1 atom stereocenters. The minimum absolute atomic E-state index is 0.0871. The van der Waals surface area contributed by atoms with Gasteiger partial charge in [-0.25, -0.2) is 0 Å². The van der Waals surface area contributed by atoms with Crippen molar-refractivity contribution in [3.05, 3.63) is 64.7 Å². The van der Waals surface area contributed by atoms with Gasteiger partial charge in [0.25, 0.3) is 0 Å². The van der Waals surface area contributed by atoms with E-state index in [4.69, 9.17) is 21.2 Å².